The van der Waals surface area contributed by atoms with Gasteiger partial charge in [0.1, 0.15) is 0 Å². The molecule has 0 radical (unpaired) electrons. The molecule has 0 amide bonds. The monoisotopic (exact) mass is 217 g/mol. The first-order valence-electron chi connectivity index (χ1n) is 5.70. The van der Waals surface area contributed by atoms with E-state index in [0.717, 1.165) is 24.6 Å². The zero-order chi connectivity index (χ0) is 10.2. The minimum Gasteiger partial charge on any atom is -0.396 e. The standard InChI is InChI=1S/C11H23NOS/c1-14-9-11(6-7-13)12-8-10-4-2-3-5-10/h10-13H,2-9H2,1H3. The van der Waals surface area contributed by atoms with Crippen molar-refractivity contribution in [3.63, 3.8) is 0 Å². The fourth-order valence-electron chi connectivity index (χ4n) is 2.15. The van der Waals surface area contributed by atoms with E-state index in [-0.39, 0.29) is 0 Å². The molecule has 1 unspecified atom stereocenters. The molecule has 84 valence electrons. The van der Waals surface area contributed by atoms with Gasteiger partial charge < -0.3 is 10.4 Å². The maximum absolute atomic E-state index is 8.91. The number of aliphatic hydroxyl groups is 1. The zero-order valence-corrected chi connectivity index (χ0v) is 9.98. The summed E-state index contributed by atoms with van der Waals surface area (Å²) >= 11 is 1.86. The minimum absolute atomic E-state index is 0.308. The van der Waals surface area contributed by atoms with E-state index in [2.05, 4.69) is 11.6 Å². The third-order valence-electron chi connectivity index (χ3n) is 3.02. The van der Waals surface area contributed by atoms with Crippen LogP contribution in [0.15, 0.2) is 0 Å². The summed E-state index contributed by atoms with van der Waals surface area (Å²) in [5.74, 6) is 2.02. The van der Waals surface area contributed by atoms with Gasteiger partial charge in [0, 0.05) is 18.4 Å². The number of hydrogen-bond acceptors (Lipinski definition) is 3. The van der Waals surface area contributed by atoms with Crippen LogP contribution in [-0.4, -0.2) is 36.3 Å². The molecular weight excluding hydrogens is 194 g/mol. The second-order valence-corrected chi connectivity index (χ2v) is 5.13. The average Bonchev–Trinajstić information content (AvgIpc) is 2.67. The Labute approximate surface area is 91.9 Å². The first-order chi connectivity index (χ1) is 6.86. The number of thioether (sulfide) groups is 1. The predicted octanol–water partition coefficient (Wildman–Crippen LogP) is 1.88. The second-order valence-electron chi connectivity index (χ2n) is 4.22. The van der Waals surface area contributed by atoms with Gasteiger partial charge >= 0.3 is 0 Å². The predicted molar refractivity (Wildman–Crippen MR) is 63.8 cm³/mol. The van der Waals surface area contributed by atoms with E-state index in [1.807, 2.05) is 11.8 Å². The fourth-order valence-corrected chi connectivity index (χ4v) is 2.84. The molecule has 14 heavy (non-hydrogen) atoms. The highest BCUT2D eigenvalue weighted by atomic mass is 32.2. The quantitative estimate of drug-likeness (QED) is 0.683. The van der Waals surface area contributed by atoms with Gasteiger partial charge in [0.25, 0.3) is 0 Å². The Kier molecular flexibility index (Phi) is 6.65. The molecule has 3 heteroatoms. The summed E-state index contributed by atoms with van der Waals surface area (Å²) in [5.41, 5.74) is 0. The lowest BCUT2D eigenvalue weighted by Crippen LogP contribution is -2.35. The van der Waals surface area contributed by atoms with Gasteiger partial charge in [-0.25, -0.2) is 0 Å². The van der Waals surface area contributed by atoms with E-state index in [0.29, 0.717) is 12.6 Å². The van der Waals surface area contributed by atoms with Gasteiger partial charge in [-0.2, -0.15) is 11.8 Å². The molecule has 1 saturated carbocycles. The fraction of sp³-hybridized carbons (Fsp3) is 1.00. The number of hydrogen-bond donors (Lipinski definition) is 2. The summed E-state index contributed by atoms with van der Waals surface area (Å²) in [4.78, 5) is 0. The molecule has 0 aromatic rings. The molecule has 0 saturated heterocycles. The summed E-state index contributed by atoms with van der Waals surface area (Å²) in [6.07, 6.45) is 8.66. The van der Waals surface area contributed by atoms with Crippen LogP contribution in [0.4, 0.5) is 0 Å². The van der Waals surface area contributed by atoms with Crippen molar-refractivity contribution in [2.75, 3.05) is 25.2 Å². The van der Waals surface area contributed by atoms with Crippen molar-refractivity contribution in [3.05, 3.63) is 0 Å². The third-order valence-corrected chi connectivity index (χ3v) is 3.75. The maximum Gasteiger partial charge on any atom is 0.0446 e. The number of nitrogens with one attached hydrogen (secondary N) is 1. The molecule has 1 aliphatic carbocycles. The highest BCUT2D eigenvalue weighted by Crippen LogP contribution is 2.23. The van der Waals surface area contributed by atoms with Crippen LogP contribution in [0.2, 0.25) is 0 Å². The maximum atomic E-state index is 8.91. The SMILES string of the molecule is CSCC(CCO)NCC1CCCC1. The molecule has 1 atom stereocenters. The normalized spacial score (nSPS) is 20.1. The van der Waals surface area contributed by atoms with Crippen molar-refractivity contribution in [2.24, 2.45) is 5.92 Å². The van der Waals surface area contributed by atoms with Gasteiger partial charge in [0.05, 0.1) is 0 Å². The molecule has 0 bridgehead atoms. The Morgan fingerprint density at radius 2 is 2.14 bits per heavy atom. The van der Waals surface area contributed by atoms with E-state index < -0.39 is 0 Å². The van der Waals surface area contributed by atoms with Crippen molar-refractivity contribution >= 4 is 11.8 Å². The molecule has 0 aromatic heterocycles. The summed E-state index contributed by atoms with van der Waals surface area (Å²) in [6, 6.07) is 0.510. The van der Waals surface area contributed by atoms with E-state index in [4.69, 9.17) is 5.11 Å². The Morgan fingerprint density at radius 1 is 1.43 bits per heavy atom. The second kappa shape index (κ2) is 7.55. The van der Waals surface area contributed by atoms with Gasteiger partial charge in [-0.05, 0) is 38.0 Å². The van der Waals surface area contributed by atoms with Gasteiger partial charge in [-0.3, -0.25) is 0 Å². The van der Waals surface area contributed by atoms with Crippen LogP contribution >= 0.6 is 11.8 Å². The van der Waals surface area contributed by atoms with Crippen molar-refractivity contribution in [3.8, 4) is 0 Å². The highest BCUT2D eigenvalue weighted by molar-refractivity contribution is 7.98. The Hall–Kier alpha value is 0.270. The first-order valence-corrected chi connectivity index (χ1v) is 7.09. The van der Waals surface area contributed by atoms with Crippen molar-refractivity contribution in [2.45, 2.75) is 38.1 Å². The van der Waals surface area contributed by atoms with Crippen molar-refractivity contribution < 1.29 is 5.11 Å². The molecule has 0 aliphatic heterocycles. The van der Waals surface area contributed by atoms with Gasteiger partial charge in [-0.1, -0.05) is 12.8 Å². The summed E-state index contributed by atoms with van der Waals surface area (Å²) in [7, 11) is 0. The summed E-state index contributed by atoms with van der Waals surface area (Å²) in [6.45, 7) is 1.47. The third kappa shape index (κ3) is 4.67. The lowest BCUT2D eigenvalue weighted by Gasteiger charge is -2.19. The molecule has 1 rings (SSSR count). The smallest absolute Gasteiger partial charge is 0.0446 e. The molecule has 2 N–H and O–H groups in total. The van der Waals surface area contributed by atoms with Gasteiger partial charge in [0.2, 0.25) is 0 Å². The van der Waals surface area contributed by atoms with Crippen LogP contribution < -0.4 is 5.32 Å². The van der Waals surface area contributed by atoms with Crippen LogP contribution in [0, 0.1) is 5.92 Å². The van der Waals surface area contributed by atoms with Crippen LogP contribution in [-0.2, 0) is 0 Å². The Balaban J connectivity index is 2.10. The van der Waals surface area contributed by atoms with Crippen molar-refractivity contribution in [1.82, 2.24) is 5.32 Å². The van der Waals surface area contributed by atoms with Crippen LogP contribution in [0.1, 0.15) is 32.1 Å². The van der Waals surface area contributed by atoms with E-state index in [1.165, 1.54) is 25.7 Å². The van der Waals surface area contributed by atoms with E-state index in [9.17, 15) is 0 Å². The minimum atomic E-state index is 0.308. The number of rotatable bonds is 7. The zero-order valence-electron chi connectivity index (χ0n) is 9.17. The Morgan fingerprint density at radius 3 is 2.71 bits per heavy atom. The van der Waals surface area contributed by atoms with Gasteiger partial charge in [-0.15, -0.1) is 0 Å². The molecule has 0 aromatic carbocycles. The lowest BCUT2D eigenvalue weighted by molar-refractivity contribution is 0.267. The first kappa shape index (κ1) is 12.3. The highest BCUT2D eigenvalue weighted by Gasteiger charge is 2.16. The lowest BCUT2D eigenvalue weighted by atomic mass is 10.1. The van der Waals surface area contributed by atoms with Crippen LogP contribution in [0.25, 0.3) is 0 Å². The molecular formula is C11H23NOS. The van der Waals surface area contributed by atoms with Crippen LogP contribution in [0.3, 0.4) is 0 Å². The van der Waals surface area contributed by atoms with Gasteiger partial charge in [0.15, 0.2) is 0 Å². The molecule has 1 aliphatic rings. The van der Waals surface area contributed by atoms with Crippen molar-refractivity contribution in [1.29, 1.82) is 0 Å². The average molecular weight is 217 g/mol. The summed E-state index contributed by atoms with van der Waals surface area (Å²) in [5, 5.41) is 12.5. The molecule has 2 nitrogen and oxygen atoms in total. The number of aliphatic hydroxyl groups excluding tert-OH is 1. The summed E-state index contributed by atoms with van der Waals surface area (Å²) < 4.78 is 0. The van der Waals surface area contributed by atoms with Crippen LogP contribution in [0.5, 0.6) is 0 Å². The molecule has 1 fully saturated rings. The van der Waals surface area contributed by atoms with E-state index in [1.54, 1.807) is 0 Å². The molecule has 0 spiro atoms. The Bertz CT molecular complexity index is 131. The molecule has 0 heterocycles. The van der Waals surface area contributed by atoms with E-state index >= 15 is 0 Å². The topological polar surface area (TPSA) is 32.3 Å². The largest absolute Gasteiger partial charge is 0.396 e.